The van der Waals surface area contributed by atoms with Gasteiger partial charge in [0.25, 0.3) is 0 Å². The van der Waals surface area contributed by atoms with Crippen molar-refractivity contribution in [3.05, 3.63) is 0 Å². The van der Waals surface area contributed by atoms with Gasteiger partial charge >= 0.3 is 0 Å². The molecule has 1 saturated carbocycles. The van der Waals surface area contributed by atoms with Crippen LogP contribution in [0.3, 0.4) is 0 Å². The fourth-order valence-corrected chi connectivity index (χ4v) is 1.69. The summed E-state index contributed by atoms with van der Waals surface area (Å²) in [4.78, 5) is 0. The van der Waals surface area contributed by atoms with Crippen LogP contribution in [0.5, 0.6) is 0 Å². The zero-order chi connectivity index (χ0) is 7.07. The van der Waals surface area contributed by atoms with Gasteiger partial charge in [-0.3, -0.25) is 0 Å². The van der Waals surface area contributed by atoms with Crippen molar-refractivity contribution in [2.45, 2.75) is 13.8 Å². The van der Waals surface area contributed by atoms with E-state index >= 15 is 0 Å². The van der Waals surface area contributed by atoms with Gasteiger partial charge < -0.3 is 10.8 Å². The second kappa shape index (κ2) is 1.96. The molecule has 0 radical (unpaired) electrons. The Morgan fingerprint density at radius 2 is 2.00 bits per heavy atom. The summed E-state index contributed by atoms with van der Waals surface area (Å²) in [6, 6.07) is 0. The van der Waals surface area contributed by atoms with Gasteiger partial charge in [0.2, 0.25) is 0 Å². The molecule has 0 unspecified atom stereocenters. The molecular weight excluding hydrogens is 114 g/mol. The van der Waals surface area contributed by atoms with Crippen LogP contribution in [-0.4, -0.2) is 18.3 Å². The van der Waals surface area contributed by atoms with Crippen LogP contribution in [0.2, 0.25) is 0 Å². The molecule has 0 heterocycles. The van der Waals surface area contributed by atoms with Crippen molar-refractivity contribution in [3.8, 4) is 0 Å². The third kappa shape index (κ3) is 0.864. The molecule has 0 saturated heterocycles. The summed E-state index contributed by atoms with van der Waals surface area (Å²) in [5.41, 5.74) is 5.77. The van der Waals surface area contributed by atoms with Crippen LogP contribution in [0.25, 0.3) is 0 Å². The van der Waals surface area contributed by atoms with E-state index in [2.05, 4.69) is 13.8 Å². The highest BCUT2D eigenvalue weighted by Gasteiger charge is 2.55. The zero-order valence-electron chi connectivity index (χ0n) is 6.09. The minimum absolute atomic E-state index is 0.300. The van der Waals surface area contributed by atoms with E-state index in [0.717, 1.165) is 6.54 Å². The molecule has 1 rings (SSSR count). The third-order valence-corrected chi connectivity index (χ3v) is 2.74. The molecule has 0 spiro atoms. The third-order valence-electron chi connectivity index (χ3n) is 2.74. The summed E-state index contributed by atoms with van der Waals surface area (Å²) >= 11 is 0. The maximum absolute atomic E-state index is 8.79. The van der Waals surface area contributed by atoms with Gasteiger partial charge in [0, 0.05) is 6.61 Å². The predicted molar refractivity (Wildman–Crippen MR) is 36.9 cm³/mol. The summed E-state index contributed by atoms with van der Waals surface area (Å²) in [6.45, 7) is 5.34. The summed E-state index contributed by atoms with van der Waals surface area (Å²) in [6.07, 6.45) is 0. The monoisotopic (exact) mass is 129 g/mol. The first-order chi connectivity index (χ1) is 4.14. The SMILES string of the molecule is CC1(C)[C@H](CO)[C@@H]1CN. The summed E-state index contributed by atoms with van der Waals surface area (Å²) in [7, 11) is 0. The maximum atomic E-state index is 8.79. The summed E-state index contributed by atoms with van der Waals surface area (Å²) in [5, 5.41) is 8.79. The van der Waals surface area contributed by atoms with Crippen LogP contribution in [0.15, 0.2) is 0 Å². The molecule has 2 nitrogen and oxygen atoms in total. The lowest BCUT2D eigenvalue weighted by Gasteiger charge is -1.97. The lowest BCUT2D eigenvalue weighted by Crippen LogP contribution is -2.05. The van der Waals surface area contributed by atoms with Crippen molar-refractivity contribution in [3.63, 3.8) is 0 Å². The number of aliphatic hydroxyl groups is 1. The van der Waals surface area contributed by atoms with E-state index in [1.807, 2.05) is 0 Å². The lowest BCUT2D eigenvalue weighted by atomic mass is 10.1. The first kappa shape index (κ1) is 7.03. The van der Waals surface area contributed by atoms with Crippen LogP contribution < -0.4 is 5.73 Å². The van der Waals surface area contributed by atoms with Gasteiger partial charge in [0.05, 0.1) is 0 Å². The van der Waals surface area contributed by atoms with Crippen LogP contribution in [0.1, 0.15) is 13.8 Å². The van der Waals surface area contributed by atoms with E-state index in [1.54, 1.807) is 0 Å². The highest BCUT2D eigenvalue weighted by atomic mass is 16.3. The van der Waals surface area contributed by atoms with E-state index in [1.165, 1.54) is 0 Å². The van der Waals surface area contributed by atoms with Crippen molar-refractivity contribution in [1.82, 2.24) is 0 Å². The highest BCUT2D eigenvalue weighted by molar-refractivity contribution is 5.04. The van der Waals surface area contributed by atoms with E-state index in [9.17, 15) is 0 Å². The Balaban J connectivity index is 2.45. The molecule has 0 aromatic rings. The number of hydrogen-bond acceptors (Lipinski definition) is 2. The molecule has 2 atom stereocenters. The second-order valence-corrected chi connectivity index (χ2v) is 3.45. The Bertz CT molecular complexity index is 99.5. The fourth-order valence-electron chi connectivity index (χ4n) is 1.69. The van der Waals surface area contributed by atoms with Crippen LogP contribution in [0, 0.1) is 17.3 Å². The maximum Gasteiger partial charge on any atom is 0.0467 e. The van der Waals surface area contributed by atoms with E-state index in [4.69, 9.17) is 10.8 Å². The van der Waals surface area contributed by atoms with E-state index in [0.29, 0.717) is 23.9 Å². The van der Waals surface area contributed by atoms with Gasteiger partial charge in [-0.2, -0.15) is 0 Å². The molecule has 1 aliphatic rings. The molecule has 9 heavy (non-hydrogen) atoms. The van der Waals surface area contributed by atoms with Crippen molar-refractivity contribution in [1.29, 1.82) is 0 Å². The molecule has 0 bridgehead atoms. The van der Waals surface area contributed by atoms with Gasteiger partial charge in [0.15, 0.2) is 0 Å². The molecule has 3 N–H and O–H groups in total. The molecule has 1 fully saturated rings. The molecule has 1 aliphatic carbocycles. The average molecular weight is 129 g/mol. The molecule has 0 amide bonds. The number of nitrogens with two attached hydrogens (primary N) is 1. The zero-order valence-corrected chi connectivity index (χ0v) is 6.09. The molecule has 0 aliphatic heterocycles. The first-order valence-corrected chi connectivity index (χ1v) is 3.45. The highest BCUT2D eigenvalue weighted by Crippen LogP contribution is 2.56. The molecule has 54 valence electrons. The van der Waals surface area contributed by atoms with E-state index in [-0.39, 0.29) is 0 Å². The van der Waals surface area contributed by atoms with E-state index < -0.39 is 0 Å². The Morgan fingerprint density at radius 1 is 1.44 bits per heavy atom. The largest absolute Gasteiger partial charge is 0.396 e. The van der Waals surface area contributed by atoms with Crippen LogP contribution in [-0.2, 0) is 0 Å². The lowest BCUT2D eigenvalue weighted by molar-refractivity contribution is 0.255. The first-order valence-electron chi connectivity index (χ1n) is 3.45. The average Bonchev–Trinajstić information content (AvgIpc) is 2.32. The Morgan fingerprint density at radius 3 is 2.11 bits per heavy atom. The molecule has 0 aromatic carbocycles. The Hall–Kier alpha value is -0.0800. The second-order valence-electron chi connectivity index (χ2n) is 3.45. The fraction of sp³-hybridized carbons (Fsp3) is 1.00. The number of aliphatic hydroxyl groups excluding tert-OH is 1. The van der Waals surface area contributed by atoms with Gasteiger partial charge in [-0.25, -0.2) is 0 Å². The summed E-state index contributed by atoms with van der Waals surface area (Å²) in [5.74, 6) is 1.02. The summed E-state index contributed by atoms with van der Waals surface area (Å²) < 4.78 is 0. The quantitative estimate of drug-likeness (QED) is 0.560. The van der Waals surface area contributed by atoms with Crippen LogP contribution >= 0.6 is 0 Å². The Labute approximate surface area is 56.1 Å². The van der Waals surface area contributed by atoms with Crippen molar-refractivity contribution >= 4 is 0 Å². The molecular formula is C7H15NO. The predicted octanol–water partition coefficient (Wildman–Crippen LogP) is 0.210. The smallest absolute Gasteiger partial charge is 0.0467 e. The standard InChI is InChI=1S/C7H15NO/c1-7(2)5(3-8)6(7)4-9/h5-6,9H,3-4,8H2,1-2H3/t5-,6+/m0/s1. The molecule has 2 heteroatoms. The minimum Gasteiger partial charge on any atom is -0.396 e. The number of rotatable bonds is 2. The number of hydrogen-bond donors (Lipinski definition) is 2. The van der Waals surface area contributed by atoms with Gasteiger partial charge in [0.1, 0.15) is 0 Å². The van der Waals surface area contributed by atoms with Crippen molar-refractivity contribution in [2.24, 2.45) is 23.0 Å². The molecule has 0 aromatic heterocycles. The normalized spacial score (nSPS) is 38.7. The van der Waals surface area contributed by atoms with Gasteiger partial charge in [-0.05, 0) is 23.8 Å². The topological polar surface area (TPSA) is 46.2 Å². The van der Waals surface area contributed by atoms with Gasteiger partial charge in [-0.1, -0.05) is 13.8 Å². The minimum atomic E-state index is 0.300. The van der Waals surface area contributed by atoms with Crippen molar-refractivity contribution < 1.29 is 5.11 Å². The Kier molecular flexibility index (Phi) is 1.53. The van der Waals surface area contributed by atoms with Crippen LogP contribution in [0.4, 0.5) is 0 Å². The van der Waals surface area contributed by atoms with Crippen molar-refractivity contribution in [2.75, 3.05) is 13.2 Å². The van der Waals surface area contributed by atoms with Gasteiger partial charge in [-0.15, -0.1) is 0 Å².